The minimum absolute atomic E-state index is 0.0522. The van der Waals surface area contributed by atoms with Gasteiger partial charge in [0.2, 0.25) is 0 Å². The lowest BCUT2D eigenvalue weighted by Gasteiger charge is -2.33. The molecule has 0 bridgehead atoms. The number of carbonyl (C=O) groups is 2. The number of aliphatic hydroxyl groups excluding tert-OH is 1. The molecule has 0 aliphatic carbocycles. The Morgan fingerprint density at radius 3 is 2.13 bits per heavy atom. The molecule has 0 fully saturated rings. The van der Waals surface area contributed by atoms with Crippen molar-refractivity contribution in [3.63, 3.8) is 0 Å². The van der Waals surface area contributed by atoms with Gasteiger partial charge in [0.15, 0.2) is 23.7 Å². The van der Waals surface area contributed by atoms with Crippen LogP contribution in [0, 0.1) is 13.8 Å². The molecular weight excluding hydrogens is 639 g/mol. The van der Waals surface area contributed by atoms with Gasteiger partial charge in [0.25, 0.3) is 5.56 Å². The number of esters is 2. The van der Waals surface area contributed by atoms with Gasteiger partial charge in [0, 0.05) is 24.8 Å². The van der Waals surface area contributed by atoms with Crippen LogP contribution in [0.25, 0.3) is 22.6 Å². The van der Waals surface area contributed by atoms with Gasteiger partial charge in [-0.2, -0.15) is 4.98 Å². The van der Waals surface area contributed by atoms with Crippen molar-refractivity contribution >= 4 is 30.8 Å². The first-order valence-electron chi connectivity index (χ1n) is 13.8. The molecule has 0 radical (unpaired) electrons. The summed E-state index contributed by atoms with van der Waals surface area (Å²) in [5.41, 5.74) is -0.133. The van der Waals surface area contributed by atoms with E-state index in [4.69, 9.17) is 14.0 Å². The summed E-state index contributed by atoms with van der Waals surface area (Å²) in [5, 5.41) is 10.3. The van der Waals surface area contributed by atoms with Gasteiger partial charge in [-0.05, 0) is 61.4 Å². The zero-order chi connectivity index (χ0) is 33.9. The first-order chi connectivity index (χ1) is 22.3. The molecule has 17 nitrogen and oxygen atoms in total. The van der Waals surface area contributed by atoms with Crippen molar-refractivity contribution in [2.24, 2.45) is 0 Å². The normalized spacial score (nSPS) is 13.6. The number of carbonyl (C=O) groups excluding carboxylic acids is 2. The van der Waals surface area contributed by atoms with Crippen LogP contribution in [0.15, 0.2) is 70.8 Å². The number of aliphatic hydroxyl groups is 1. The number of H-pyrrole nitrogens is 1. The van der Waals surface area contributed by atoms with Crippen molar-refractivity contribution in [1.29, 1.82) is 0 Å². The number of benzene rings is 1. The Labute approximate surface area is 264 Å². The monoisotopic (exact) mass is 666 g/mol. The zero-order valence-corrected chi connectivity index (χ0v) is 25.6. The topological polar surface area (TPSA) is 246 Å². The summed E-state index contributed by atoms with van der Waals surface area (Å²) < 4.78 is 29.6. The number of hydrogen-bond donors (Lipinski definition) is 4. The second-order valence-electron chi connectivity index (χ2n) is 10.3. The van der Waals surface area contributed by atoms with Gasteiger partial charge in [-0.15, -0.1) is 0 Å². The highest BCUT2D eigenvalue weighted by Crippen LogP contribution is 2.39. The molecule has 0 saturated heterocycles. The Bertz CT molecular complexity index is 2070. The largest absolute Gasteiger partial charge is 0.470 e. The minimum Gasteiger partial charge on any atom is -0.453 e. The summed E-state index contributed by atoms with van der Waals surface area (Å²) in [6.45, 7) is 1.92. The molecule has 3 aromatic rings. The predicted molar refractivity (Wildman–Crippen MR) is 161 cm³/mol. The average molecular weight is 667 g/mol. The van der Waals surface area contributed by atoms with Crippen molar-refractivity contribution in [3.05, 3.63) is 104 Å². The molecule has 3 atom stereocenters. The number of aromatic amines is 1. The number of phosphoric ester groups is 1. The Hall–Kier alpha value is -5.19. The minimum atomic E-state index is -5.36. The number of pyridine rings is 2. The fourth-order valence-electron chi connectivity index (χ4n) is 4.75. The van der Waals surface area contributed by atoms with Gasteiger partial charge in [0.05, 0.1) is 35.3 Å². The van der Waals surface area contributed by atoms with Crippen LogP contribution in [-0.4, -0.2) is 81.2 Å². The second kappa shape index (κ2) is 13.7. The Kier molecular flexibility index (Phi) is 9.64. The number of nitrogens with one attached hydrogen (secondary N) is 1. The van der Waals surface area contributed by atoms with Crippen LogP contribution in [0.4, 0.5) is 0 Å². The van der Waals surface area contributed by atoms with E-state index < -0.39 is 62.5 Å². The zero-order valence-electron chi connectivity index (χ0n) is 24.7. The van der Waals surface area contributed by atoms with Crippen LogP contribution < -0.4 is 11.2 Å². The molecule has 47 heavy (non-hydrogen) atoms. The number of ether oxygens (including phenoxy) is 2. The average Bonchev–Trinajstić information content (AvgIpc) is 3.03. The number of rotatable bonds is 11. The Morgan fingerprint density at radius 1 is 0.936 bits per heavy atom. The molecule has 2 aliphatic rings. The van der Waals surface area contributed by atoms with Crippen LogP contribution >= 0.6 is 7.82 Å². The molecule has 5 rings (SSSR count). The molecule has 18 heteroatoms. The summed E-state index contributed by atoms with van der Waals surface area (Å²) in [7, 11) is -5.36. The van der Waals surface area contributed by atoms with Crippen LogP contribution in [0.5, 0.6) is 0 Å². The van der Waals surface area contributed by atoms with Gasteiger partial charge >= 0.3 is 25.5 Å². The number of nitrogens with zero attached hydrogens (tertiary/aromatic N) is 5. The van der Waals surface area contributed by atoms with Gasteiger partial charge < -0.3 is 28.9 Å². The van der Waals surface area contributed by atoms with Crippen molar-refractivity contribution < 1.29 is 43.0 Å². The molecule has 3 unspecified atom stereocenters. The SMILES string of the molecule is Cc1cc2nc3c(=O)[nH]c(=O)nc-3n(CC(OC(=O)c3cccnc3)C(OC(=O)c3cccnc3)C(CO)OP(=O)(O)O)c2cc1C. The maximum Gasteiger partial charge on any atom is 0.470 e. The number of hydrogen-bond acceptors (Lipinski definition) is 13. The highest BCUT2D eigenvalue weighted by atomic mass is 31.2. The summed E-state index contributed by atoms with van der Waals surface area (Å²) in [5.74, 6) is -2.33. The third kappa shape index (κ3) is 7.62. The Balaban J connectivity index is 1.73. The molecule has 2 aromatic heterocycles. The standard InChI is InChI=1S/C29H27N6O11P/c1-15-9-19-20(10-16(15)2)35(25-23(32-19)26(37)34-29(40)33-25)13-21(44-27(38)17-5-3-7-30-11-17)24(22(14-36)46-47(41,42)43)45-28(39)18-6-4-8-31-12-18/h3-12,21-22,24,36H,13-14H2,1-2H3,(H,34,37,40)(H2,41,42,43). The lowest BCUT2D eigenvalue weighted by molar-refractivity contribution is -0.0944. The van der Waals surface area contributed by atoms with E-state index in [-0.39, 0.29) is 28.2 Å². The quantitative estimate of drug-likeness (QED) is 0.0869. The molecular formula is C29H27N6O11P. The van der Waals surface area contributed by atoms with E-state index in [9.17, 15) is 38.6 Å². The molecule has 244 valence electrons. The van der Waals surface area contributed by atoms with Crippen molar-refractivity contribution in [2.45, 2.75) is 38.7 Å². The van der Waals surface area contributed by atoms with Crippen molar-refractivity contribution in [1.82, 2.24) is 29.5 Å². The number of aromatic nitrogens is 6. The molecule has 4 N–H and O–H groups in total. The van der Waals surface area contributed by atoms with E-state index in [0.717, 1.165) is 17.3 Å². The second-order valence-corrected chi connectivity index (χ2v) is 11.5. The van der Waals surface area contributed by atoms with E-state index in [0.29, 0.717) is 5.52 Å². The summed E-state index contributed by atoms with van der Waals surface area (Å²) in [6, 6.07) is 8.96. The fourth-order valence-corrected chi connectivity index (χ4v) is 5.29. The highest BCUT2D eigenvalue weighted by Gasteiger charge is 2.41. The van der Waals surface area contributed by atoms with E-state index in [1.807, 2.05) is 6.92 Å². The van der Waals surface area contributed by atoms with Gasteiger partial charge in [-0.25, -0.2) is 23.9 Å². The summed E-state index contributed by atoms with van der Waals surface area (Å²) in [4.78, 5) is 89.4. The Morgan fingerprint density at radius 2 is 1.55 bits per heavy atom. The smallest absolute Gasteiger partial charge is 0.453 e. The first kappa shape index (κ1) is 33.2. The van der Waals surface area contributed by atoms with Crippen LogP contribution in [-0.2, 0) is 25.1 Å². The van der Waals surface area contributed by atoms with Crippen LogP contribution in [0.1, 0.15) is 31.8 Å². The van der Waals surface area contributed by atoms with Gasteiger partial charge in [-0.1, -0.05) is 0 Å². The number of fused-ring (bicyclic) bond motifs is 2. The van der Waals surface area contributed by atoms with Gasteiger partial charge in [-0.3, -0.25) is 24.3 Å². The third-order valence-corrected chi connectivity index (χ3v) is 7.61. The van der Waals surface area contributed by atoms with E-state index in [1.165, 1.54) is 47.4 Å². The van der Waals surface area contributed by atoms with E-state index in [1.54, 1.807) is 19.1 Å². The lowest BCUT2D eigenvalue weighted by Crippen LogP contribution is -2.48. The van der Waals surface area contributed by atoms with Crippen molar-refractivity contribution in [3.8, 4) is 11.5 Å². The molecule has 1 aromatic carbocycles. The molecule has 0 saturated carbocycles. The van der Waals surface area contributed by atoms with E-state index in [2.05, 4.69) is 24.9 Å². The number of phosphoric acid groups is 1. The highest BCUT2D eigenvalue weighted by molar-refractivity contribution is 7.46. The predicted octanol–water partition coefficient (Wildman–Crippen LogP) is 0.913. The van der Waals surface area contributed by atoms with Crippen LogP contribution in [0.2, 0.25) is 0 Å². The third-order valence-electron chi connectivity index (χ3n) is 7.07. The maximum atomic E-state index is 13.4. The molecule has 0 spiro atoms. The molecule has 4 heterocycles. The van der Waals surface area contributed by atoms with Gasteiger partial charge in [0.1, 0.15) is 6.10 Å². The summed E-state index contributed by atoms with van der Waals surface area (Å²) in [6.07, 6.45) is -0.494. The van der Waals surface area contributed by atoms with Crippen molar-refractivity contribution in [2.75, 3.05) is 6.61 Å². The maximum absolute atomic E-state index is 13.4. The fraction of sp³-hybridized carbons (Fsp3) is 0.241. The van der Waals surface area contributed by atoms with E-state index >= 15 is 0 Å². The first-order valence-corrected chi connectivity index (χ1v) is 15.4. The summed E-state index contributed by atoms with van der Waals surface area (Å²) >= 11 is 0. The molecule has 2 aliphatic heterocycles. The molecule has 0 amide bonds. The van der Waals surface area contributed by atoms with Crippen LogP contribution in [0.3, 0.4) is 0 Å². The number of aryl methyl sites for hydroxylation is 2. The lowest BCUT2D eigenvalue weighted by atomic mass is 10.1.